The molecule has 2 heterocycles. The standard InChI is InChI=1S/C32H25ClF3N3O5/c1-18(40)24-16-38(26-11-9-19(12-23(24)26)8-10-20-4-3-7-28(44-43)31(20)36)17-29(41)39-15-22(34)13-27(39)32(42)37-14-21-5-2-6-25(33)30(21)35/h2-7,9,11-12,16,22,27,43H,13-15,17H2,1H3,(H,37,42)/t22-,27+/m1/s1. The number of hydrogen-bond donors (Lipinski definition) is 2. The first-order valence-corrected chi connectivity index (χ1v) is 13.8. The summed E-state index contributed by atoms with van der Waals surface area (Å²) in [6, 6.07) is 12.3. The minimum atomic E-state index is -1.43. The lowest BCUT2D eigenvalue weighted by atomic mass is 10.1. The molecule has 1 aromatic heterocycles. The van der Waals surface area contributed by atoms with Crippen molar-refractivity contribution in [2.75, 3.05) is 6.54 Å². The van der Waals surface area contributed by atoms with Crippen molar-refractivity contribution in [3.63, 3.8) is 0 Å². The second-order valence-electron chi connectivity index (χ2n) is 10.2. The number of amides is 2. The monoisotopic (exact) mass is 623 g/mol. The fourth-order valence-corrected chi connectivity index (χ4v) is 5.33. The summed E-state index contributed by atoms with van der Waals surface area (Å²) in [4.78, 5) is 44.0. The van der Waals surface area contributed by atoms with Gasteiger partial charge in [-0.15, -0.1) is 0 Å². The van der Waals surface area contributed by atoms with Crippen molar-refractivity contribution < 1.29 is 37.7 Å². The van der Waals surface area contributed by atoms with E-state index in [1.807, 2.05) is 0 Å². The van der Waals surface area contributed by atoms with Crippen LogP contribution < -0.4 is 10.2 Å². The third-order valence-corrected chi connectivity index (χ3v) is 7.62. The van der Waals surface area contributed by atoms with Gasteiger partial charge >= 0.3 is 0 Å². The maximum absolute atomic E-state index is 14.5. The summed E-state index contributed by atoms with van der Waals surface area (Å²) in [6.45, 7) is 0.600. The number of carbonyl (C=O) groups is 3. The number of halogens is 4. The number of benzene rings is 3. The lowest BCUT2D eigenvalue weighted by Crippen LogP contribution is -2.46. The van der Waals surface area contributed by atoms with Gasteiger partial charge in [0, 0.05) is 46.8 Å². The van der Waals surface area contributed by atoms with E-state index in [0.29, 0.717) is 22.0 Å². The van der Waals surface area contributed by atoms with E-state index in [2.05, 4.69) is 22.0 Å². The Hall–Kier alpha value is -4.79. The smallest absolute Gasteiger partial charge is 0.243 e. The average molecular weight is 624 g/mol. The Morgan fingerprint density at radius 3 is 2.61 bits per heavy atom. The second-order valence-corrected chi connectivity index (χ2v) is 10.7. The quantitative estimate of drug-likeness (QED) is 0.126. The second kappa shape index (κ2) is 12.8. The number of alkyl halides is 1. The van der Waals surface area contributed by atoms with Gasteiger partial charge in [-0.2, -0.15) is 0 Å². The molecule has 1 fully saturated rings. The molecule has 0 spiro atoms. The van der Waals surface area contributed by atoms with Gasteiger partial charge < -0.3 is 19.7 Å². The van der Waals surface area contributed by atoms with Crippen molar-refractivity contribution >= 4 is 40.1 Å². The summed E-state index contributed by atoms with van der Waals surface area (Å²) in [6.07, 6.45) is -0.136. The van der Waals surface area contributed by atoms with Crippen LogP contribution in [0.5, 0.6) is 5.75 Å². The van der Waals surface area contributed by atoms with Crippen molar-refractivity contribution in [2.45, 2.75) is 38.6 Å². The molecule has 0 radical (unpaired) electrons. The molecule has 1 saturated heterocycles. The zero-order chi connectivity index (χ0) is 31.5. The first-order valence-electron chi connectivity index (χ1n) is 13.5. The van der Waals surface area contributed by atoms with Crippen LogP contribution in [0.1, 0.15) is 40.4 Å². The van der Waals surface area contributed by atoms with E-state index in [4.69, 9.17) is 16.9 Å². The lowest BCUT2D eigenvalue weighted by Gasteiger charge is -2.24. The molecule has 8 nitrogen and oxygen atoms in total. The first-order chi connectivity index (χ1) is 21.1. The molecule has 0 aliphatic carbocycles. The fourth-order valence-electron chi connectivity index (χ4n) is 5.13. The minimum absolute atomic E-state index is 0.0142. The topological polar surface area (TPSA) is 101 Å². The van der Waals surface area contributed by atoms with Crippen molar-refractivity contribution in [3.05, 3.63) is 99.7 Å². The summed E-state index contributed by atoms with van der Waals surface area (Å²) in [5.41, 5.74) is 1.41. The van der Waals surface area contributed by atoms with Crippen LogP contribution in [0.15, 0.2) is 60.8 Å². The Labute approximate surface area is 254 Å². The van der Waals surface area contributed by atoms with E-state index in [-0.39, 0.29) is 53.7 Å². The Kier molecular flexibility index (Phi) is 8.94. The Morgan fingerprint density at radius 1 is 1.09 bits per heavy atom. The van der Waals surface area contributed by atoms with Crippen LogP contribution in [0.3, 0.4) is 0 Å². The van der Waals surface area contributed by atoms with Gasteiger partial charge in [-0.05, 0) is 43.3 Å². The van der Waals surface area contributed by atoms with Crippen LogP contribution in [-0.2, 0) is 22.7 Å². The van der Waals surface area contributed by atoms with Crippen LogP contribution in [0, 0.1) is 23.5 Å². The highest BCUT2D eigenvalue weighted by Gasteiger charge is 2.39. The Morgan fingerprint density at radius 2 is 1.86 bits per heavy atom. The highest BCUT2D eigenvalue weighted by molar-refractivity contribution is 6.30. The summed E-state index contributed by atoms with van der Waals surface area (Å²) in [5.74, 6) is 2.15. The van der Waals surface area contributed by atoms with Crippen molar-refractivity contribution in [2.24, 2.45) is 0 Å². The first kappa shape index (κ1) is 30.7. The number of ketones is 1. The van der Waals surface area contributed by atoms with Crippen LogP contribution in [0.25, 0.3) is 10.9 Å². The van der Waals surface area contributed by atoms with Gasteiger partial charge in [-0.25, -0.2) is 18.4 Å². The zero-order valence-corrected chi connectivity index (χ0v) is 24.0. The van der Waals surface area contributed by atoms with E-state index in [1.165, 1.54) is 54.1 Å². The molecule has 12 heteroatoms. The molecule has 0 saturated carbocycles. The zero-order valence-electron chi connectivity index (χ0n) is 23.2. The third-order valence-electron chi connectivity index (χ3n) is 7.33. The summed E-state index contributed by atoms with van der Waals surface area (Å²) < 4.78 is 44.6. The number of aromatic nitrogens is 1. The molecule has 226 valence electrons. The van der Waals surface area contributed by atoms with Crippen LogP contribution >= 0.6 is 11.6 Å². The summed E-state index contributed by atoms with van der Waals surface area (Å²) >= 11 is 5.80. The van der Waals surface area contributed by atoms with Gasteiger partial charge in [0.05, 0.1) is 17.1 Å². The average Bonchev–Trinajstić information content (AvgIpc) is 3.57. The molecule has 2 N–H and O–H groups in total. The van der Waals surface area contributed by atoms with Crippen LogP contribution in [0.4, 0.5) is 13.2 Å². The predicted molar refractivity (Wildman–Crippen MR) is 156 cm³/mol. The molecular formula is C32H25ClF3N3O5. The van der Waals surface area contributed by atoms with Gasteiger partial charge in [0.1, 0.15) is 24.6 Å². The van der Waals surface area contributed by atoms with Crippen LogP contribution in [0.2, 0.25) is 5.02 Å². The summed E-state index contributed by atoms with van der Waals surface area (Å²) in [5, 5.41) is 11.8. The van der Waals surface area contributed by atoms with E-state index in [1.54, 1.807) is 18.2 Å². The van der Waals surface area contributed by atoms with E-state index >= 15 is 0 Å². The Balaban J connectivity index is 1.36. The van der Waals surface area contributed by atoms with Crippen molar-refractivity contribution in [3.8, 4) is 17.6 Å². The maximum Gasteiger partial charge on any atom is 0.243 e. The molecular weight excluding hydrogens is 599 g/mol. The molecule has 4 aromatic rings. The van der Waals surface area contributed by atoms with Gasteiger partial charge in [-0.1, -0.05) is 41.6 Å². The van der Waals surface area contributed by atoms with Gasteiger partial charge in [0.2, 0.25) is 17.6 Å². The largest absolute Gasteiger partial charge is 0.350 e. The number of rotatable bonds is 7. The van der Waals surface area contributed by atoms with E-state index in [9.17, 15) is 27.6 Å². The van der Waals surface area contributed by atoms with E-state index < -0.39 is 35.7 Å². The molecule has 1 aliphatic rings. The number of Topliss-reactive ketones (excluding diaryl/α,β-unsaturated/α-hetero) is 1. The number of carbonyl (C=O) groups excluding carboxylic acids is 3. The molecule has 0 unspecified atom stereocenters. The van der Waals surface area contributed by atoms with Crippen LogP contribution in [-0.4, -0.2) is 51.1 Å². The molecule has 2 atom stereocenters. The molecule has 2 amide bonds. The molecule has 44 heavy (non-hydrogen) atoms. The molecule has 1 aliphatic heterocycles. The molecule has 5 rings (SSSR count). The van der Waals surface area contributed by atoms with Crippen molar-refractivity contribution in [1.29, 1.82) is 0 Å². The minimum Gasteiger partial charge on any atom is -0.350 e. The molecule has 0 bridgehead atoms. The summed E-state index contributed by atoms with van der Waals surface area (Å²) in [7, 11) is 0. The van der Waals surface area contributed by atoms with Gasteiger partial charge in [0.15, 0.2) is 11.6 Å². The predicted octanol–water partition coefficient (Wildman–Crippen LogP) is 5.28. The molecule has 3 aromatic carbocycles. The third kappa shape index (κ3) is 6.27. The van der Waals surface area contributed by atoms with Gasteiger partial charge in [-0.3, -0.25) is 14.4 Å². The normalized spacial score (nSPS) is 16.0. The Bertz CT molecular complexity index is 1850. The van der Waals surface area contributed by atoms with E-state index in [0.717, 1.165) is 4.90 Å². The number of nitrogens with zero attached hydrogens (tertiary/aromatic N) is 2. The number of nitrogens with one attached hydrogen (secondary N) is 1. The van der Waals surface area contributed by atoms with Gasteiger partial charge in [0.25, 0.3) is 0 Å². The maximum atomic E-state index is 14.5. The van der Waals surface area contributed by atoms with Crippen molar-refractivity contribution in [1.82, 2.24) is 14.8 Å². The highest BCUT2D eigenvalue weighted by atomic mass is 35.5. The lowest BCUT2D eigenvalue weighted by molar-refractivity contribution is -0.140. The highest BCUT2D eigenvalue weighted by Crippen LogP contribution is 2.27. The number of likely N-dealkylation sites (tertiary alicyclic amines) is 1. The SMILES string of the molecule is CC(=O)c1cn(CC(=O)N2C[C@H](F)C[C@H]2C(=O)NCc2cccc(Cl)c2F)c2ccc(C#Cc3cccc(OO)c3F)cc12. The number of hydrogen-bond acceptors (Lipinski definition) is 5. The fraction of sp³-hybridized carbons (Fsp3) is 0.219. The number of fused-ring (bicyclic) bond motifs is 1.